The second-order valence-electron chi connectivity index (χ2n) is 6.59. The number of hydrogen-bond acceptors (Lipinski definition) is 4. The van der Waals surface area contributed by atoms with Crippen molar-refractivity contribution in [1.82, 2.24) is 10.3 Å². The van der Waals surface area contributed by atoms with Crippen LogP contribution in [0.2, 0.25) is 0 Å². The Kier molecular flexibility index (Phi) is 4.24. The quantitative estimate of drug-likeness (QED) is 0.867. The van der Waals surface area contributed by atoms with Crippen LogP contribution in [0.1, 0.15) is 43.0 Å². The molecule has 1 aromatic heterocycles. The first-order valence-electron chi connectivity index (χ1n) is 8.29. The van der Waals surface area contributed by atoms with Crippen molar-refractivity contribution in [1.29, 1.82) is 0 Å². The number of fused-ring (bicyclic) bond motifs is 1. The highest BCUT2D eigenvalue weighted by atomic mass is 16.4. The lowest BCUT2D eigenvalue weighted by Gasteiger charge is -2.23. The fourth-order valence-electron chi connectivity index (χ4n) is 3.86. The topological polar surface area (TPSA) is 82.5 Å². The summed E-state index contributed by atoms with van der Waals surface area (Å²) in [6.07, 6.45) is 5.18. The first-order valence-corrected chi connectivity index (χ1v) is 8.29. The molecule has 0 radical (unpaired) electrons. The van der Waals surface area contributed by atoms with E-state index in [9.17, 15) is 14.7 Å². The van der Waals surface area contributed by atoms with Crippen LogP contribution in [0.15, 0.2) is 18.3 Å². The highest BCUT2D eigenvalue weighted by Crippen LogP contribution is 2.49. The molecular formula is C17H23N3O3. The van der Waals surface area contributed by atoms with Crippen LogP contribution in [0.4, 0.5) is 5.82 Å². The Labute approximate surface area is 135 Å². The van der Waals surface area contributed by atoms with Crippen LogP contribution in [0, 0.1) is 11.3 Å². The number of nitrogens with zero attached hydrogens (tertiary/aromatic N) is 2. The molecule has 23 heavy (non-hydrogen) atoms. The smallest absolute Gasteiger partial charge is 0.311 e. The zero-order valence-corrected chi connectivity index (χ0v) is 13.4. The minimum absolute atomic E-state index is 0.119. The zero-order valence-electron chi connectivity index (χ0n) is 13.4. The first-order chi connectivity index (χ1) is 11.1. The third-order valence-corrected chi connectivity index (χ3v) is 5.17. The number of amides is 1. The summed E-state index contributed by atoms with van der Waals surface area (Å²) >= 11 is 0. The van der Waals surface area contributed by atoms with Crippen LogP contribution >= 0.6 is 0 Å². The maximum Gasteiger partial charge on any atom is 0.311 e. The molecule has 1 aliphatic carbocycles. The van der Waals surface area contributed by atoms with Crippen LogP contribution in [0.3, 0.4) is 0 Å². The molecule has 0 bridgehead atoms. The number of anilines is 1. The molecule has 2 aliphatic rings. The summed E-state index contributed by atoms with van der Waals surface area (Å²) in [6, 6.07) is 3.58. The number of pyridine rings is 1. The van der Waals surface area contributed by atoms with Gasteiger partial charge in [0.15, 0.2) is 0 Å². The molecule has 3 rings (SSSR count). The van der Waals surface area contributed by atoms with Crippen molar-refractivity contribution in [3.63, 3.8) is 0 Å². The third-order valence-electron chi connectivity index (χ3n) is 5.17. The van der Waals surface area contributed by atoms with E-state index in [0.29, 0.717) is 18.7 Å². The predicted molar refractivity (Wildman–Crippen MR) is 86.5 cm³/mol. The van der Waals surface area contributed by atoms with Crippen LogP contribution in [0.25, 0.3) is 0 Å². The van der Waals surface area contributed by atoms with Crippen molar-refractivity contribution in [2.24, 2.45) is 11.3 Å². The van der Waals surface area contributed by atoms with Gasteiger partial charge in [-0.2, -0.15) is 0 Å². The standard InChI is InChI=1S/C17H23N3O3/c1-2-8-18-15(21)12-5-6-14(19-9-12)20-10-13-4-3-7-17(13,11-20)16(22)23/h5-6,9,13H,2-4,7-8,10-11H2,1H3,(H,18,21)(H,22,23)/t13-,17+/m0/s1. The monoisotopic (exact) mass is 317 g/mol. The minimum atomic E-state index is -0.682. The average molecular weight is 317 g/mol. The van der Waals surface area contributed by atoms with Crippen molar-refractivity contribution in [2.75, 3.05) is 24.5 Å². The number of aliphatic carboxylic acids is 1. The normalized spacial score (nSPS) is 26.1. The fraction of sp³-hybridized carbons (Fsp3) is 0.588. The van der Waals surface area contributed by atoms with E-state index in [-0.39, 0.29) is 11.8 Å². The predicted octanol–water partition coefficient (Wildman–Crippen LogP) is 1.91. The molecule has 6 nitrogen and oxygen atoms in total. The Morgan fingerprint density at radius 1 is 1.48 bits per heavy atom. The molecular weight excluding hydrogens is 294 g/mol. The molecule has 0 aromatic carbocycles. The van der Waals surface area contributed by atoms with Crippen molar-refractivity contribution >= 4 is 17.7 Å². The van der Waals surface area contributed by atoms with Gasteiger partial charge < -0.3 is 15.3 Å². The first kappa shape index (κ1) is 15.8. The van der Waals surface area contributed by atoms with E-state index in [0.717, 1.165) is 38.0 Å². The van der Waals surface area contributed by atoms with Gasteiger partial charge in [0.1, 0.15) is 5.82 Å². The molecule has 1 amide bonds. The number of carbonyl (C=O) groups excluding carboxylic acids is 1. The second-order valence-corrected chi connectivity index (χ2v) is 6.59. The lowest BCUT2D eigenvalue weighted by Crippen LogP contribution is -2.35. The number of aromatic nitrogens is 1. The van der Waals surface area contributed by atoms with Crippen molar-refractivity contribution in [3.8, 4) is 0 Å². The molecule has 2 N–H and O–H groups in total. The van der Waals surface area contributed by atoms with E-state index in [2.05, 4.69) is 10.3 Å². The molecule has 1 saturated carbocycles. The summed E-state index contributed by atoms with van der Waals surface area (Å²) in [4.78, 5) is 30.0. The van der Waals surface area contributed by atoms with Gasteiger partial charge in [-0.25, -0.2) is 4.98 Å². The Bertz CT molecular complexity index is 602. The Hall–Kier alpha value is -2.11. The molecule has 2 heterocycles. The average Bonchev–Trinajstić information content (AvgIpc) is 3.11. The number of carbonyl (C=O) groups is 2. The summed E-state index contributed by atoms with van der Waals surface area (Å²) in [5.74, 6) is 0.158. The van der Waals surface area contributed by atoms with E-state index >= 15 is 0 Å². The van der Waals surface area contributed by atoms with Gasteiger partial charge in [-0.3, -0.25) is 9.59 Å². The van der Waals surface area contributed by atoms with Gasteiger partial charge in [0.05, 0.1) is 11.0 Å². The number of carboxylic acids is 1. The second kappa shape index (κ2) is 6.18. The number of carboxylic acid groups (broad SMARTS) is 1. The van der Waals surface area contributed by atoms with Crippen molar-refractivity contribution < 1.29 is 14.7 Å². The van der Waals surface area contributed by atoms with E-state index in [1.165, 1.54) is 0 Å². The van der Waals surface area contributed by atoms with E-state index in [4.69, 9.17) is 0 Å². The van der Waals surface area contributed by atoms with Crippen LogP contribution in [-0.2, 0) is 4.79 Å². The van der Waals surface area contributed by atoms with Gasteiger partial charge in [0.2, 0.25) is 0 Å². The van der Waals surface area contributed by atoms with Crippen LogP contribution < -0.4 is 10.2 Å². The van der Waals surface area contributed by atoms with Gasteiger partial charge in [0.25, 0.3) is 5.91 Å². The molecule has 0 unspecified atom stereocenters. The summed E-state index contributed by atoms with van der Waals surface area (Å²) in [6.45, 7) is 3.90. The SMILES string of the molecule is CCCNC(=O)c1ccc(N2C[C@@H]3CCC[C@@]3(C(=O)O)C2)nc1. The summed E-state index contributed by atoms with van der Waals surface area (Å²) < 4.78 is 0. The highest BCUT2D eigenvalue weighted by molar-refractivity contribution is 5.94. The molecule has 1 aromatic rings. The minimum Gasteiger partial charge on any atom is -0.481 e. The van der Waals surface area contributed by atoms with Gasteiger partial charge in [0, 0.05) is 25.8 Å². The van der Waals surface area contributed by atoms with Crippen molar-refractivity contribution in [3.05, 3.63) is 23.9 Å². The Morgan fingerprint density at radius 3 is 2.91 bits per heavy atom. The molecule has 124 valence electrons. The Morgan fingerprint density at radius 2 is 2.30 bits per heavy atom. The van der Waals surface area contributed by atoms with E-state index < -0.39 is 11.4 Å². The van der Waals surface area contributed by atoms with Crippen LogP contribution in [0.5, 0.6) is 0 Å². The molecule has 6 heteroatoms. The zero-order chi connectivity index (χ0) is 16.4. The lowest BCUT2D eigenvalue weighted by molar-refractivity contribution is -0.149. The third kappa shape index (κ3) is 2.78. The van der Waals surface area contributed by atoms with Gasteiger partial charge in [-0.1, -0.05) is 13.3 Å². The summed E-state index contributed by atoms with van der Waals surface area (Å²) in [5.41, 5.74) is -0.0756. The molecule has 2 atom stereocenters. The summed E-state index contributed by atoms with van der Waals surface area (Å²) in [7, 11) is 0. The number of nitrogens with one attached hydrogen (secondary N) is 1. The largest absolute Gasteiger partial charge is 0.481 e. The van der Waals surface area contributed by atoms with Gasteiger partial charge >= 0.3 is 5.97 Å². The molecule has 0 spiro atoms. The molecule has 1 saturated heterocycles. The maximum atomic E-state index is 11.9. The summed E-state index contributed by atoms with van der Waals surface area (Å²) in [5, 5.41) is 12.5. The maximum absolute atomic E-state index is 11.9. The van der Waals surface area contributed by atoms with E-state index in [1.807, 2.05) is 17.9 Å². The fourth-order valence-corrected chi connectivity index (χ4v) is 3.86. The van der Waals surface area contributed by atoms with Gasteiger partial charge in [-0.15, -0.1) is 0 Å². The highest BCUT2D eigenvalue weighted by Gasteiger charge is 2.55. The molecule has 1 aliphatic heterocycles. The lowest BCUT2D eigenvalue weighted by atomic mass is 9.81. The Balaban J connectivity index is 1.71. The van der Waals surface area contributed by atoms with E-state index in [1.54, 1.807) is 12.3 Å². The number of rotatable bonds is 5. The van der Waals surface area contributed by atoms with Gasteiger partial charge in [-0.05, 0) is 37.3 Å². The van der Waals surface area contributed by atoms with Crippen LogP contribution in [-0.4, -0.2) is 41.6 Å². The molecule has 2 fully saturated rings. The van der Waals surface area contributed by atoms with Crippen molar-refractivity contribution in [2.45, 2.75) is 32.6 Å². The number of hydrogen-bond donors (Lipinski definition) is 2.